The van der Waals surface area contributed by atoms with Crippen LogP contribution < -0.4 is 10.1 Å². The van der Waals surface area contributed by atoms with Crippen LogP contribution in [-0.4, -0.2) is 29.6 Å². The number of pyridine rings is 1. The van der Waals surface area contributed by atoms with Gasteiger partial charge in [-0.05, 0) is 28.1 Å². The normalized spacial score (nSPS) is 16.4. The van der Waals surface area contributed by atoms with Crippen LogP contribution in [0.25, 0.3) is 5.52 Å². The molecule has 0 aromatic carbocycles. The number of nitrogens with one attached hydrogen (secondary N) is 1. The lowest BCUT2D eigenvalue weighted by molar-refractivity contribution is 0.408. The maximum Gasteiger partial charge on any atom is 0.135 e. The highest BCUT2D eigenvalue weighted by molar-refractivity contribution is 9.10. The summed E-state index contributed by atoms with van der Waals surface area (Å²) in [6.07, 6.45) is 1.99. The molecule has 16 heavy (non-hydrogen) atoms. The fourth-order valence-electron chi connectivity index (χ4n) is 1.93. The van der Waals surface area contributed by atoms with Crippen LogP contribution in [0.3, 0.4) is 0 Å². The third-order valence-corrected chi connectivity index (χ3v) is 3.56. The van der Waals surface area contributed by atoms with E-state index in [1.807, 2.05) is 18.3 Å². The van der Waals surface area contributed by atoms with Crippen molar-refractivity contribution in [1.82, 2.24) is 14.7 Å². The molecule has 3 heterocycles. The smallest absolute Gasteiger partial charge is 0.135 e. The third kappa shape index (κ3) is 1.43. The SMILES string of the molecule is COc1ccc2c(Br)nc(C3CNC3)n2c1. The number of aromatic nitrogens is 2. The lowest BCUT2D eigenvalue weighted by atomic mass is 10.0. The van der Waals surface area contributed by atoms with Crippen LogP contribution in [0.15, 0.2) is 22.9 Å². The number of imidazole rings is 1. The molecule has 84 valence electrons. The number of hydrogen-bond donors (Lipinski definition) is 1. The van der Waals surface area contributed by atoms with Gasteiger partial charge < -0.3 is 10.1 Å². The van der Waals surface area contributed by atoms with Gasteiger partial charge in [0.2, 0.25) is 0 Å². The molecule has 1 fully saturated rings. The molecule has 0 aliphatic carbocycles. The van der Waals surface area contributed by atoms with Gasteiger partial charge in [0.15, 0.2) is 0 Å². The van der Waals surface area contributed by atoms with Gasteiger partial charge in [0, 0.05) is 19.0 Å². The number of methoxy groups -OCH3 is 1. The molecule has 1 aliphatic heterocycles. The standard InChI is InChI=1S/C11H12BrN3O/c1-16-8-2-3-9-10(12)14-11(15(9)6-8)7-4-13-5-7/h2-3,6-7,13H,4-5H2,1H3. The first kappa shape index (κ1) is 10.1. The van der Waals surface area contributed by atoms with E-state index in [0.29, 0.717) is 5.92 Å². The van der Waals surface area contributed by atoms with Crippen LogP contribution in [0.1, 0.15) is 11.7 Å². The van der Waals surface area contributed by atoms with E-state index in [1.54, 1.807) is 7.11 Å². The van der Waals surface area contributed by atoms with E-state index in [1.165, 1.54) is 0 Å². The van der Waals surface area contributed by atoms with Crippen LogP contribution in [0.2, 0.25) is 0 Å². The van der Waals surface area contributed by atoms with Crippen LogP contribution in [0.4, 0.5) is 0 Å². The predicted octanol–water partition coefficient (Wildman–Crippen LogP) is 1.79. The van der Waals surface area contributed by atoms with E-state index >= 15 is 0 Å². The number of hydrogen-bond acceptors (Lipinski definition) is 3. The van der Waals surface area contributed by atoms with Crippen molar-refractivity contribution in [3.8, 4) is 5.75 Å². The molecule has 4 nitrogen and oxygen atoms in total. The Morgan fingerprint density at radius 1 is 1.50 bits per heavy atom. The quantitative estimate of drug-likeness (QED) is 0.912. The van der Waals surface area contributed by atoms with Gasteiger partial charge in [-0.15, -0.1) is 0 Å². The largest absolute Gasteiger partial charge is 0.495 e. The minimum atomic E-state index is 0.505. The number of rotatable bonds is 2. The molecule has 5 heteroatoms. The van der Waals surface area contributed by atoms with Crippen LogP contribution in [0, 0.1) is 0 Å². The van der Waals surface area contributed by atoms with Gasteiger partial charge in [-0.25, -0.2) is 4.98 Å². The molecule has 3 rings (SSSR count). The molecule has 0 unspecified atom stereocenters. The maximum absolute atomic E-state index is 5.24. The fraction of sp³-hybridized carbons (Fsp3) is 0.364. The van der Waals surface area contributed by atoms with Gasteiger partial charge >= 0.3 is 0 Å². The second-order valence-electron chi connectivity index (χ2n) is 3.94. The number of fused-ring (bicyclic) bond motifs is 1. The molecule has 0 spiro atoms. The van der Waals surface area contributed by atoms with Gasteiger partial charge in [-0.1, -0.05) is 0 Å². The molecule has 1 saturated heterocycles. The number of halogens is 1. The summed E-state index contributed by atoms with van der Waals surface area (Å²) in [5, 5.41) is 3.26. The second kappa shape index (κ2) is 3.75. The average Bonchev–Trinajstić information content (AvgIpc) is 2.54. The van der Waals surface area contributed by atoms with Crippen molar-refractivity contribution in [2.75, 3.05) is 20.2 Å². The minimum absolute atomic E-state index is 0.505. The Bertz CT molecular complexity index is 533. The zero-order valence-electron chi connectivity index (χ0n) is 8.90. The highest BCUT2D eigenvalue weighted by Crippen LogP contribution is 2.27. The fourth-order valence-corrected chi connectivity index (χ4v) is 2.44. The number of nitrogens with zero attached hydrogens (tertiary/aromatic N) is 2. The maximum atomic E-state index is 5.24. The van der Waals surface area contributed by atoms with Gasteiger partial charge in [-0.2, -0.15) is 0 Å². The summed E-state index contributed by atoms with van der Waals surface area (Å²) in [5.41, 5.74) is 1.09. The van der Waals surface area contributed by atoms with Gasteiger partial charge in [0.05, 0.1) is 18.8 Å². The van der Waals surface area contributed by atoms with Crippen LogP contribution in [0.5, 0.6) is 5.75 Å². The molecule has 2 aromatic rings. The van der Waals surface area contributed by atoms with Crippen molar-refractivity contribution in [2.24, 2.45) is 0 Å². The molecule has 2 aromatic heterocycles. The Labute approximate surface area is 102 Å². The van der Waals surface area contributed by atoms with E-state index in [2.05, 4.69) is 30.6 Å². The van der Waals surface area contributed by atoms with E-state index in [4.69, 9.17) is 4.74 Å². The van der Waals surface area contributed by atoms with Crippen LogP contribution in [-0.2, 0) is 0 Å². The molecule has 1 N–H and O–H groups in total. The topological polar surface area (TPSA) is 38.6 Å². The molecule has 0 bridgehead atoms. The molecule has 0 atom stereocenters. The summed E-state index contributed by atoms with van der Waals surface area (Å²) in [6.45, 7) is 2.01. The van der Waals surface area contributed by atoms with E-state index in [0.717, 1.165) is 34.8 Å². The first-order valence-corrected chi connectivity index (χ1v) is 6.01. The zero-order chi connectivity index (χ0) is 11.1. The van der Waals surface area contributed by atoms with Crippen molar-refractivity contribution in [2.45, 2.75) is 5.92 Å². The number of ether oxygens (including phenoxy) is 1. The molecule has 1 aliphatic rings. The van der Waals surface area contributed by atoms with Crippen molar-refractivity contribution >= 4 is 21.4 Å². The monoisotopic (exact) mass is 281 g/mol. The Morgan fingerprint density at radius 3 is 2.94 bits per heavy atom. The van der Waals surface area contributed by atoms with Crippen molar-refractivity contribution in [1.29, 1.82) is 0 Å². The summed E-state index contributed by atoms with van der Waals surface area (Å²) in [5.74, 6) is 2.45. The van der Waals surface area contributed by atoms with Gasteiger partial charge in [-0.3, -0.25) is 4.40 Å². The zero-order valence-corrected chi connectivity index (χ0v) is 10.5. The van der Waals surface area contributed by atoms with Crippen molar-refractivity contribution in [3.63, 3.8) is 0 Å². The predicted molar refractivity (Wildman–Crippen MR) is 65.1 cm³/mol. The summed E-state index contributed by atoms with van der Waals surface area (Å²) in [6, 6.07) is 3.97. The minimum Gasteiger partial charge on any atom is -0.495 e. The Hall–Kier alpha value is -1.07. The van der Waals surface area contributed by atoms with Crippen LogP contribution >= 0.6 is 15.9 Å². The summed E-state index contributed by atoms with van der Waals surface area (Å²) in [7, 11) is 1.68. The second-order valence-corrected chi connectivity index (χ2v) is 4.69. The first-order valence-electron chi connectivity index (χ1n) is 5.22. The summed E-state index contributed by atoms with van der Waals surface area (Å²) >= 11 is 3.49. The van der Waals surface area contributed by atoms with Crippen molar-refractivity contribution in [3.05, 3.63) is 28.8 Å². The molecule has 0 radical (unpaired) electrons. The average molecular weight is 282 g/mol. The first-order chi connectivity index (χ1) is 7.79. The molecule has 0 saturated carbocycles. The molecule has 0 amide bonds. The van der Waals surface area contributed by atoms with Crippen molar-refractivity contribution < 1.29 is 4.74 Å². The van der Waals surface area contributed by atoms with Gasteiger partial charge in [0.1, 0.15) is 16.2 Å². The lowest BCUT2D eigenvalue weighted by Gasteiger charge is -2.25. The summed E-state index contributed by atoms with van der Waals surface area (Å²) < 4.78 is 8.24. The Kier molecular flexibility index (Phi) is 2.37. The van der Waals surface area contributed by atoms with Gasteiger partial charge in [0.25, 0.3) is 0 Å². The van der Waals surface area contributed by atoms with E-state index in [9.17, 15) is 0 Å². The molecular weight excluding hydrogens is 270 g/mol. The highest BCUT2D eigenvalue weighted by Gasteiger charge is 2.24. The lowest BCUT2D eigenvalue weighted by Crippen LogP contribution is -2.40. The highest BCUT2D eigenvalue weighted by atomic mass is 79.9. The Balaban J connectivity index is 2.19. The van der Waals surface area contributed by atoms with E-state index < -0.39 is 0 Å². The third-order valence-electron chi connectivity index (χ3n) is 2.97. The van der Waals surface area contributed by atoms with E-state index in [-0.39, 0.29) is 0 Å². The molecular formula is C11H12BrN3O. The Morgan fingerprint density at radius 2 is 2.31 bits per heavy atom. The summed E-state index contributed by atoms with van der Waals surface area (Å²) in [4.78, 5) is 4.57.